The maximum absolute atomic E-state index is 10.4. The quantitative estimate of drug-likeness (QED) is 0.893. The molecule has 1 unspecified atom stereocenters. The van der Waals surface area contributed by atoms with Crippen molar-refractivity contribution < 1.29 is 9.84 Å². The molecule has 18 heavy (non-hydrogen) atoms. The highest BCUT2D eigenvalue weighted by atomic mass is 16.5. The van der Waals surface area contributed by atoms with E-state index in [9.17, 15) is 5.11 Å². The zero-order chi connectivity index (χ0) is 13.3. The van der Waals surface area contributed by atoms with Gasteiger partial charge in [-0.15, -0.1) is 0 Å². The molecule has 1 atom stereocenters. The van der Waals surface area contributed by atoms with Crippen molar-refractivity contribution in [1.82, 2.24) is 14.8 Å². The average Bonchev–Trinajstić information content (AvgIpc) is 2.62. The van der Waals surface area contributed by atoms with Crippen molar-refractivity contribution in [3.8, 4) is 5.88 Å². The van der Waals surface area contributed by atoms with Gasteiger partial charge in [-0.1, -0.05) is 6.07 Å². The van der Waals surface area contributed by atoms with E-state index < -0.39 is 6.10 Å². The van der Waals surface area contributed by atoms with Gasteiger partial charge in [-0.2, -0.15) is 5.10 Å². The van der Waals surface area contributed by atoms with Gasteiger partial charge in [0.15, 0.2) is 0 Å². The molecule has 0 aliphatic rings. The summed E-state index contributed by atoms with van der Waals surface area (Å²) in [6.45, 7) is 3.79. The number of pyridine rings is 1. The molecule has 0 bridgehead atoms. The molecule has 0 saturated heterocycles. The molecule has 0 amide bonds. The Kier molecular flexibility index (Phi) is 3.34. The predicted octanol–water partition coefficient (Wildman–Crippen LogP) is 1.52. The average molecular weight is 247 g/mol. The van der Waals surface area contributed by atoms with Crippen molar-refractivity contribution in [3.05, 3.63) is 40.8 Å². The number of hydrogen-bond acceptors (Lipinski definition) is 4. The van der Waals surface area contributed by atoms with Crippen LogP contribution < -0.4 is 4.74 Å². The molecule has 0 aromatic carbocycles. The van der Waals surface area contributed by atoms with E-state index in [0.29, 0.717) is 11.4 Å². The molecule has 5 heteroatoms. The van der Waals surface area contributed by atoms with E-state index in [2.05, 4.69) is 10.1 Å². The summed E-state index contributed by atoms with van der Waals surface area (Å²) in [5.41, 5.74) is 3.19. The molecule has 0 saturated carbocycles. The Bertz CT molecular complexity index is 563. The van der Waals surface area contributed by atoms with E-state index in [1.54, 1.807) is 31.2 Å². The second-order valence-corrected chi connectivity index (χ2v) is 4.33. The van der Waals surface area contributed by atoms with Gasteiger partial charge in [-0.05, 0) is 19.4 Å². The molecule has 1 N–H and O–H groups in total. The Hall–Kier alpha value is -1.88. The fourth-order valence-electron chi connectivity index (χ4n) is 2.10. The van der Waals surface area contributed by atoms with E-state index in [1.165, 1.54) is 0 Å². The molecule has 0 aliphatic carbocycles. The topological polar surface area (TPSA) is 60.2 Å². The van der Waals surface area contributed by atoms with Crippen molar-refractivity contribution in [2.75, 3.05) is 7.11 Å². The second-order valence-electron chi connectivity index (χ2n) is 4.33. The number of aryl methyl sites for hydroxylation is 3. The van der Waals surface area contributed by atoms with Gasteiger partial charge in [-0.3, -0.25) is 4.98 Å². The van der Waals surface area contributed by atoms with E-state index in [0.717, 1.165) is 16.8 Å². The lowest BCUT2D eigenvalue weighted by Crippen LogP contribution is -2.04. The van der Waals surface area contributed by atoms with Gasteiger partial charge < -0.3 is 9.84 Å². The summed E-state index contributed by atoms with van der Waals surface area (Å²) in [7, 11) is 3.36. The summed E-state index contributed by atoms with van der Waals surface area (Å²) in [6, 6.07) is 1.91. The number of hydrogen-bond donors (Lipinski definition) is 1. The van der Waals surface area contributed by atoms with Crippen LogP contribution in [-0.2, 0) is 7.05 Å². The van der Waals surface area contributed by atoms with Crippen LogP contribution in [-0.4, -0.2) is 27.0 Å². The summed E-state index contributed by atoms with van der Waals surface area (Å²) in [5.74, 6) is 0.571. The lowest BCUT2D eigenvalue weighted by atomic mass is 10.0. The van der Waals surface area contributed by atoms with Crippen LogP contribution in [0.25, 0.3) is 0 Å². The molecule has 2 aromatic heterocycles. The van der Waals surface area contributed by atoms with Crippen LogP contribution in [0.1, 0.15) is 28.5 Å². The van der Waals surface area contributed by atoms with Gasteiger partial charge in [0.2, 0.25) is 5.88 Å². The lowest BCUT2D eigenvalue weighted by Gasteiger charge is -2.12. The van der Waals surface area contributed by atoms with Crippen LogP contribution in [0.2, 0.25) is 0 Å². The molecule has 2 aromatic rings. The maximum atomic E-state index is 10.4. The third-order valence-electron chi connectivity index (χ3n) is 2.89. The second kappa shape index (κ2) is 4.78. The highest BCUT2D eigenvalue weighted by Gasteiger charge is 2.23. The minimum absolute atomic E-state index is 0.571. The Morgan fingerprint density at radius 3 is 2.67 bits per heavy atom. The normalized spacial score (nSPS) is 12.5. The SMILES string of the molecule is COc1c(C(O)c2cncc(C)c2)c(C)nn1C. The minimum Gasteiger partial charge on any atom is -0.481 e. The number of ether oxygens (including phenoxy) is 1. The van der Waals surface area contributed by atoms with Crippen LogP contribution >= 0.6 is 0 Å². The van der Waals surface area contributed by atoms with Gasteiger partial charge in [0.1, 0.15) is 6.10 Å². The Morgan fingerprint density at radius 1 is 1.33 bits per heavy atom. The molecular formula is C13H17N3O2. The van der Waals surface area contributed by atoms with Gasteiger partial charge >= 0.3 is 0 Å². The van der Waals surface area contributed by atoms with Crippen LogP contribution in [0, 0.1) is 13.8 Å². The van der Waals surface area contributed by atoms with Gasteiger partial charge in [0.25, 0.3) is 0 Å². The molecule has 0 spiro atoms. The van der Waals surface area contributed by atoms with Crippen molar-refractivity contribution in [3.63, 3.8) is 0 Å². The number of aliphatic hydroxyl groups is 1. The highest BCUT2D eigenvalue weighted by Crippen LogP contribution is 2.32. The fraction of sp³-hybridized carbons (Fsp3) is 0.385. The largest absolute Gasteiger partial charge is 0.481 e. The third kappa shape index (κ3) is 2.09. The van der Waals surface area contributed by atoms with Crippen molar-refractivity contribution in [2.24, 2.45) is 7.05 Å². The molecule has 2 heterocycles. The van der Waals surface area contributed by atoms with Crippen LogP contribution in [0.5, 0.6) is 5.88 Å². The van der Waals surface area contributed by atoms with E-state index >= 15 is 0 Å². The number of rotatable bonds is 3. The monoisotopic (exact) mass is 247 g/mol. The van der Waals surface area contributed by atoms with Crippen LogP contribution in [0.15, 0.2) is 18.5 Å². The number of aromatic nitrogens is 3. The van der Waals surface area contributed by atoms with Gasteiger partial charge in [0, 0.05) is 25.0 Å². The molecule has 96 valence electrons. The highest BCUT2D eigenvalue weighted by molar-refractivity contribution is 5.39. The first kappa shape index (κ1) is 12.6. The van der Waals surface area contributed by atoms with E-state index in [1.807, 2.05) is 19.9 Å². The number of aliphatic hydroxyl groups excluding tert-OH is 1. The minimum atomic E-state index is -0.777. The molecule has 2 rings (SSSR count). The van der Waals surface area contributed by atoms with Crippen LogP contribution in [0.3, 0.4) is 0 Å². The summed E-state index contributed by atoms with van der Waals surface area (Å²) < 4.78 is 6.91. The number of nitrogens with zero attached hydrogens (tertiary/aromatic N) is 3. The van der Waals surface area contributed by atoms with E-state index in [4.69, 9.17) is 4.74 Å². The first-order chi connectivity index (χ1) is 8.54. The van der Waals surface area contributed by atoms with Gasteiger partial charge in [0.05, 0.1) is 18.4 Å². The summed E-state index contributed by atoms with van der Waals surface area (Å²) in [5, 5.41) is 14.7. The summed E-state index contributed by atoms with van der Waals surface area (Å²) in [6.07, 6.45) is 2.63. The zero-order valence-electron chi connectivity index (χ0n) is 11.0. The third-order valence-corrected chi connectivity index (χ3v) is 2.89. The first-order valence-corrected chi connectivity index (χ1v) is 5.71. The standard InChI is InChI=1S/C13H17N3O2/c1-8-5-10(7-14-6-8)12(17)11-9(2)15-16(3)13(11)18-4/h5-7,12,17H,1-4H3. The Labute approximate surface area is 106 Å². The van der Waals surface area contributed by atoms with E-state index in [-0.39, 0.29) is 0 Å². The lowest BCUT2D eigenvalue weighted by molar-refractivity contribution is 0.212. The fourth-order valence-corrected chi connectivity index (χ4v) is 2.10. The smallest absolute Gasteiger partial charge is 0.217 e. The molecule has 0 radical (unpaired) electrons. The van der Waals surface area contributed by atoms with Crippen molar-refractivity contribution in [1.29, 1.82) is 0 Å². The predicted molar refractivity (Wildman–Crippen MR) is 67.5 cm³/mol. The van der Waals surface area contributed by atoms with Crippen molar-refractivity contribution >= 4 is 0 Å². The molecule has 0 fully saturated rings. The molecular weight excluding hydrogens is 230 g/mol. The van der Waals surface area contributed by atoms with Gasteiger partial charge in [-0.25, -0.2) is 4.68 Å². The maximum Gasteiger partial charge on any atom is 0.217 e. The zero-order valence-corrected chi connectivity index (χ0v) is 11.0. The summed E-state index contributed by atoms with van der Waals surface area (Å²) >= 11 is 0. The Morgan fingerprint density at radius 2 is 2.06 bits per heavy atom. The molecule has 5 nitrogen and oxygen atoms in total. The summed E-state index contributed by atoms with van der Waals surface area (Å²) in [4.78, 5) is 4.09. The number of methoxy groups -OCH3 is 1. The van der Waals surface area contributed by atoms with Crippen LogP contribution in [0.4, 0.5) is 0 Å². The Balaban J connectivity index is 2.48. The molecule has 0 aliphatic heterocycles. The van der Waals surface area contributed by atoms with Crippen molar-refractivity contribution in [2.45, 2.75) is 20.0 Å². The first-order valence-electron chi connectivity index (χ1n) is 5.71.